The van der Waals surface area contributed by atoms with Crippen molar-refractivity contribution < 1.29 is 28.8 Å². The zero-order chi connectivity index (χ0) is 22.4. The number of phenolic OH excluding ortho intramolecular Hbond substituents is 2. The van der Waals surface area contributed by atoms with Crippen LogP contribution < -0.4 is 14.2 Å². The van der Waals surface area contributed by atoms with E-state index in [1.165, 1.54) is 13.2 Å². The van der Waals surface area contributed by atoms with Gasteiger partial charge in [0.25, 0.3) is 0 Å². The second-order valence-electron chi connectivity index (χ2n) is 7.91. The van der Waals surface area contributed by atoms with E-state index in [2.05, 4.69) is 12.1 Å². The highest BCUT2D eigenvalue weighted by Gasteiger charge is 2.29. The zero-order valence-electron chi connectivity index (χ0n) is 18.1. The Morgan fingerprint density at radius 1 is 0.969 bits per heavy atom. The SMILES string of the molecule is COc1cc2oc(-c3c(O)cc(O)c(C)c3OC)cc2c2c1CC[C@@H](c1ccccc1)O2. The fraction of sp³-hybridized carbons (Fsp3) is 0.231. The highest BCUT2D eigenvalue weighted by molar-refractivity contribution is 5.93. The Labute approximate surface area is 185 Å². The normalized spacial score (nSPS) is 15.3. The third kappa shape index (κ3) is 3.11. The van der Waals surface area contributed by atoms with E-state index in [1.807, 2.05) is 30.3 Å². The van der Waals surface area contributed by atoms with Gasteiger partial charge in [-0.05, 0) is 31.4 Å². The third-order valence-corrected chi connectivity index (χ3v) is 6.08. The third-order valence-electron chi connectivity index (χ3n) is 6.08. The Morgan fingerprint density at radius 2 is 1.75 bits per heavy atom. The highest BCUT2D eigenvalue weighted by atomic mass is 16.5. The number of furan rings is 1. The summed E-state index contributed by atoms with van der Waals surface area (Å²) in [5, 5.41) is 21.5. The summed E-state index contributed by atoms with van der Waals surface area (Å²) in [4.78, 5) is 0. The van der Waals surface area contributed by atoms with E-state index >= 15 is 0 Å². The number of phenols is 2. The van der Waals surface area contributed by atoms with Gasteiger partial charge in [-0.3, -0.25) is 0 Å². The summed E-state index contributed by atoms with van der Waals surface area (Å²) in [5.74, 6) is 2.02. The van der Waals surface area contributed by atoms with Crippen LogP contribution in [0.3, 0.4) is 0 Å². The van der Waals surface area contributed by atoms with Gasteiger partial charge in [-0.15, -0.1) is 0 Å². The largest absolute Gasteiger partial charge is 0.507 e. The number of hydrogen-bond acceptors (Lipinski definition) is 6. The lowest BCUT2D eigenvalue weighted by molar-refractivity contribution is 0.177. The maximum absolute atomic E-state index is 10.6. The van der Waals surface area contributed by atoms with E-state index in [4.69, 9.17) is 18.6 Å². The fourth-order valence-corrected chi connectivity index (χ4v) is 4.45. The molecule has 3 aromatic carbocycles. The molecule has 164 valence electrons. The summed E-state index contributed by atoms with van der Waals surface area (Å²) >= 11 is 0. The van der Waals surface area contributed by atoms with Gasteiger partial charge < -0.3 is 28.8 Å². The molecule has 0 unspecified atom stereocenters. The molecule has 0 aliphatic carbocycles. The van der Waals surface area contributed by atoms with Gasteiger partial charge >= 0.3 is 0 Å². The summed E-state index contributed by atoms with van der Waals surface area (Å²) in [5.41, 5.74) is 3.59. The standard InChI is InChI=1S/C26H24O6/c1-14-18(27)12-19(28)24(25(14)30-3)23-11-17-22(31-23)13-21(29-2)16-9-10-20(32-26(16)17)15-7-5-4-6-8-15/h4-8,11-13,20,27-28H,9-10H2,1-3H3/t20-/m0/s1. The molecule has 1 aromatic heterocycles. The van der Waals surface area contributed by atoms with Crippen LogP contribution in [-0.4, -0.2) is 24.4 Å². The monoisotopic (exact) mass is 432 g/mol. The molecule has 4 aromatic rings. The fourth-order valence-electron chi connectivity index (χ4n) is 4.45. The van der Waals surface area contributed by atoms with Crippen LogP contribution in [0, 0.1) is 6.92 Å². The van der Waals surface area contributed by atoms with Crippen molar-refractivity contribution in [3.63, 3.8) is 0 Å². The highest BCUT2D eigenvalue weighted by Crippen LogP contribution is 2.50. The number of methoxy groups -OCH3 is 2. The van der Waals surface area contributed by atoms with E-state index in [0.717, 1.165) is 35.1 Å². The summed E-state index contributed by atoms with van der Waals surface area (Å²) in [7, 11) is 3.12. The van der Waals surface area contributed by atoms with Crippen molar-refractivity contribution in [1.29, 1.82) is 0 Å². The molecule has 0 bridgehead atoms. The molecule has 0 spiro atoms. The molecule has 0 fully saturated rings. The summed E-state index contributed by atoms with van der Waals surface area (Å²) in [6, 6.07) is 15.1. The van der Waals surface area contributed by atoms with Gasteiger partial charge in [-0.1, -0.05) is 30.3 Å². The quantitative estimate of drug-likeness (QED) is 0.418. The minimum atomic E-state index is -0.132. The molecule has 0 radical (unpaired) electrons. The van der Waals surface area contributed by atoms with Gasteiger partial charge in [0.2, 0.25) is 0 Å². The van der Waals surface area contributed by atoms with Crippen LogP contribution in [0.4, 0.5) is 0 Å². The number of aromatic hydroxyl groups is 2. The first-order valence-electron chi connectivity index (χ1n) is 10.5. The second-order valence-corrected chi connectivity index (χ2v) is 7.91. The number of ether oxygens (including phenoxy) is 3. The molecule has 32 heavy (non-hydrogen) atoms. The van der Waals surface area contributed by atoms with Crippen molar-refractivity contribution in [2.24, 2.45) is 0 Å². The maximum Gasteiger partial charge on any atom is 0.143 e. The second kappa shape index (κ2) is 7.71. The van der Waals surface area contributed by atoms with Crippen LogP contribution in [0.15, 0.2) is 52.9 Å². The minimum absolute atomic E-state index is 0.0488. The summed E-state index contributed by atoms with van der Waals surface area (Å²) in [6.45, 7) is 1.72. The Morgan fingerprint density at radius 3 is 2.47 bits per heavy atom. The van der Waals surface area contributed by atoms with Gasteiger partial charge in [-0.25, -0.2) is 0 Å². The van der Waals surface area contributed by atoms with Gasteiger partial charge in [0, 0.05) is 23.3 Å². The lowest BCUT2D eigenvalue weighted by Gasteiger charge is -2.28. The van der Waals surface area contributed by atoms with Gasteiger partial charge in [0.15, 0.2) is 0 Å². The first-order chi connectivity index (χ1) is 15.5. The lowest BCUT2D eigenvalue weighted by atomic mass is 9.95. The van der Waals surface area contributed by atoms with E-state index in [9.17, 15) is 10.2 Å². The minimum Gasteiger partial charge on any atom is -0.507 e. The van der Waals surface area contributed by atoms with Crippen molar-refractivity contribution in [2.45, 2.75) is 25.9 Å². The molecule has 0 saturated heterocycles. The lowest BCUT2D eigenvalue weighted by Crippen LogP contribution is -2.16. The molecule has 0 saturated carbocycles. The molecule has 1 aliphatic rings. The van der Waals surface area contributed by atoms with Crippen molar-refractivity contribution in [3.05, 3.63) is 65.2 Å². The molecule has 0 amide bonds. The predicted octanol–water partition coefficient (Wildman–Crippen LogP) is 5.90. The average molecular weight is 432 g/mol. The van der Waals surface area contributed by atoms with Crippen molar-refractivity contribution >= 4 is 11.0 Å². The molecular formula is C26H24O6. The predicted molar refractivity (Wildman–Crippen MR) is 121 cm³/mol. The van der Waals surface area contributed by atoms with Crippen LogP contribution in [0.5, 0.6) is 28.7 Å². The van der Waals surface area contributed by atoms with Gasteiger partial charge in [0.05, 0.1) is 19.6 Å². The maximum atomic E-state index is 10.6. The van der Waals surface area contributed by atoms with Crippen molar-refractivity contribution in [2.75, 3.05) is 14.2 Å². The molecular weight excluding hydrogens is 408 g/mol. The van der Waals surface area contributed by atoms with E-state index in [-0.39, 0.29) is 17.6 Å². The van der Waals surface area contributed by atoms with E-state index in [1.54, 1.807) is 14.0 Å². The molecule has 2 heterocycles. The Hall–Kier alpha value is -3.80. The molecule has 5 rings (SSSR count). The van der Waals surface area contributed by atoms with Crippen LogP contribution in [-0.2, 0) is 6.42 Å². The molecule has 6 nitrogen and oxygen atoms in total. The topological polar surface area (TPSA) is 81.3 Å². The van der Waals surface area contributed by atoms with E-state index < -0.39 is 0 Å². The van der Waals surface area contributed by atoms with Crippen LogP contribution >= 0.6 is 0 Å². The van der Waals surface area contributed by atoms with Gasteiger partial charge in [-0.2, -0.15) is 0 Å². The first kappa shape index (κ1) is 20.1. The van der Waals surface area contributed by atoms with Crippen molar-refractivity contribution in [3.8, 4) is 40.1 Å². The molecule has 1 atom stereocenters. The number of hydrogen-bond donors (Lipinski definition) is 2. The summed E-state index contributed by atoms with van der Waals surface area (Å²) in [6.07, 6.45) is 1.58. The van der Waals surface area contributed by atoms with Gasteiger partial charge in [0.1, 0.15) is 51.8 Å². The Kier molecular flexibility index (Phi) is 4.85. The summed E-state index contributed by atoms with van der Waals surface area (Å²) < 4.78 is 23.7. The van der Waals surface area contributed by atoms with Crippen molar-refractivity contribution in [1.82, 2.24) is 0 Å². The number of rotatable bonds is 4. The number of benzene rings is 3. The van der Waals surface area contributed by atoms with E-state index in [0.29, 0.717) is 34.0 Å². The molecule has 1 aliphatic heterocycles. The average Bonchev–Trinajstić information content (AvgIpc) is 3.24. The van der Waals surface area contributed by atoms with Crippen LogP contribution in [0.25, 0.3) is 22.3 Å². The first-order valence-corrected chi connectivity index (χ1v) is 10.5. The Balaban J connectivity index is 1.69. The van der Waals surface area contributed by atoms with Crippen LogP contribution in [0.2, 0.25) is 0 Å². The number of fused-ring (bicyclic) bond motifs is 3. The zero-order valence-corrected chi connectivity index (χ0v) is 18.1. The molecule has 6 heteroatoms. The van der Waals surface area contributed by atoms with Crippen LogP contribution in [0.1, 0.15) is 29.2 Å². The molecule has 2 N–H and O–H groups in total. The Bertz CT molecular complexity index is 1310. The smallest absolute Gasteiger partial charge is 0.143 e.